The molecular weight excluding hydrogens is 440 g/mol. The first-order chi connectivity index (χ1) is 16.1. The van der Waals surface area contributed by atoms with E-state index in [1.54, 1.807) is 48.5 Å². The van der Waals surface area contributed by atoms with E-state index < -0.39 is 18.1 Å². The topological polar surface area (TPSA) is 82.7 Å². The molecule has 1 aliphatic rings. The van der Waals surface area contributed by atoms with Gasteiger partial charge < -0.3 is 20.3 Å². The standard InChI is InChI=1S/C25H25ClN4O3/c26-19-6-8-21(9-7-19)29-25(32)33-23(18-4-2-1-3-5-18)24(31)28-20-10-12-22(13-11-20)30-16-14-27-15-17-30/h1-13,23,27H,14-17H2,(H,28,31)(H,29,32). The first-order valence-corrected chi connectivity index (χ1v) is 11.1. The van der Waals surface area contributed by atoms with E-state index in [1.807, 2.05) is 30.3 Å². The van der Waals surface area contributed by atoms with Crippen molar-refractivity contribution in [1.82, 2.24) is 5.32 Å². The van der Waals surface area contributed by atoms with Crippen LogP contribution in [0, 0.1) is 0 Å². The Bertz CT molecular complexity index is 1070. The van der Waals surface area contributed by atoms with E-state index in [1.165, 1.54) is 0 Å². The third-order valence-electron chi connectivity index (χ3n) is 5.27. The molecule has 0 saturated carbocycles. The Balaban J connectivity index is 1.44. The van der Waals surface area contributed by atoms with Crippen LogP contribution in [0.3, 0.4) is 0 Å². The molecule has 7 nitrogen and oxygen atoms in total. The first-order valence-electron chi connectivity index (χ1n) is 10.7. The van der Waals surface area contributed by atoms with E-state index in [0.717, 1.165) is 31.9 Å². The number of carbonyl (C=O) groups is 2. The fraction of sp³-hybridized carbons (Fsp3) is 0.200. The lowest BCUT2D eigenvalue weighted by atomic mass is 10.1. The minimum Gasteiger partial charge on any atom is -0.431 e. The molecule has 1 atom stereocenters. The Morgan fingerprint density at radius 1 is 0.848 bits per heavy atom. The Morgan fingerprint density at radius 3 is 2.12 bits per heavy atom. The lowest BCUT2D eigenvalue weighted by Crippen LogP contribution is -2.43. The highest BCUT2D eigenvalue weighted by Gasteiger charge is 2.25. The molecule has 0 aliphatic carbocycles. The lowest BCUT2D eigenvalue weighted by molar-refractivity contribution is -0.124. The van der Waals surface area contributed by atoms with Crippen LogP contribution >= 0.6 is 11.6 Å². The van der Waals surface area contributed by atoms with Crippen LogP contribution < -0.4 is 20.9 Å². The second-order valence-corrected chi connectivity index (χ2v) is 8.04. The van der Waals surface area contributed by atoms with Gasteiger partial charge >= 0.3 is 6.09 Å². The molecule has 1 unspecified atom stereocenters. The molecule has 3 N–H and O–H groups in total. The third kappa shape index (κ3) is 6.25. The second kappa shape index (κ2) is 10.8. The van der Waals surface area contributed by atoms with Gasteiger partial charge in [-0.2, -0.15) is 0 Å². The number of benzene rings is 3. The number of halogens is 1. The number of amides is 2. The van der Waals surface area contributed by atoms with E-state index in [2.05, 4.69) is 20.9 Å². The lowest BCUT2D eigenvalue weighted by Gasteiger charge is -2.29. The van der Waals surface area contributed by atoms with Gasteiger partial charge in [-0.1, -0.05) is 41.9 Å². The van der Waals surface area contributed by atoms with Crippen molar-refractivity contribution in [3.8, 4) is 0 Å². The van der Waals surface area contributed by atoms with Crippen LogP contribution in [-0.2, 0) is 9.53 Å². The molecule has 1 saturated heterocycles. The second-order valence-electron chi connectivity index (χ2n) is 7.60. The van der Waals surface area contributed by atoms with Crippen molar-refractivity contribution in [3.05, 3.63) is 89.4 Å². The normalized spacial score (nSPS) is 14.3. The predicted molar refractivity (Wildman–Crippen MR) is 131 cm³/mol. The van der Waals surface area contributed by atoms with Crippen LogP contribution in [0.1, 0.15) is 11.7 Å². The summed E-state index contributed by atoms with van der Waals surface area (Å²) in [7, 11) is 0. The van der Waals surface area contributed by atoms with Crippen molar-refractivity contribution in [2.24, 2.45) is 0 Å². The highest BCUT2D eigenvalue weighted by molar-refractivity contribution is 6.30. The molecule has 3 aromatic rings. The molecule has 1 heterocycles. The average molecular weight is 465 g/mol. The van der Waals surface area contributed by atoms with Crippen LogP contribution in [0.25, 0.3) is 0 Å². The molecule has 8 heteroatoms. The van der Waals surface area contributed by atoms with Gasteiger partial charge in [0, 0.05) is 53.8 Å². The monoisotopic (exact) mass is 464 g/mol. The van der Waals surface area contributed by atoms with Gasteiger partial charge in [0.25, 0.3) is 5.91 Å². The van der Waals surface area contributed by atoms with Gasteiger partial charge in [-0.15, -0.1) is 0 Å². The van der Waals surface area contributed by atoms with Crippen molar-refractivity contribution in [2.75, 3.05) is 41.7 Å². The van der Waals surface area contributed by atoms with Gasteiger partial charge in [0.2, 0.25) is 6.10 Å². The molecule has 0 aromatic heterocycles. The minimum atomic E-state index is -1.12. The summed E-state index contributed by atoms with van der Waals surface area (Å²) in [4.78, 5) is 27.9. The summed E-state index contributed by atoms with van der Waals surface area (Å²) >= 11 is 5.88. The van der Waals surface area contributed by atoms with Gasteiger partial charge in [0.05, 0.1) is 0 Å². The van der Waals surface area contributed by atoms with Crippen molar-refractivity contribution in [3.63, 3.8) is 0 Å². The van der Waals surface area contributed by atoms with Gasteiger partial charge in [-0.25, -0.2) is 4.79 Å². The SMILES string of the molecule is O=C(Nc1ccc(Cl)cc1)OC(C(=O)Nc1ccc(N2CCNCC2)cc1)c1ccccc1. The summed E-state index contributed by atoms with van der Waals surface area (Å²) in [6, 6.07) is 23.2. The number of hydrogen-bond donors (Lipinski definition) is 3. The fourth-order valence-corrected chi connectivity index (χ4v) is 3.70. The Morgan fingerprint density at radius 2 is 1.45 bits per heavy atom. The van der Waals surface area contributed by atoms with Crippen molar-refractivity contribution in [2.45, 2.75) is 6.10 Å². The Labute approximate surface area is 197 Å². The fourth-order valence-electron chi connectivity index (χ4n) is 3.57. The summed E-state index contributed by atoms with van der Waals surface area (Å²) in [5.74, 6) is -0.442. The summed E-state index contributed by atoms with van der Waals surface area (Å²) in [6.07, 6.45) is -1.86. The summed E-state index contributed by atoms with van der Waals surface area (Å²) in [5.41, 5.74) is 2.81. The first kappa shape index (κ1) is 22.6. The quantitative estimate of drug-likeness (QED) is 0.493. The number of carbonyl (C=O) groups excluding carboxylic acids is 2. The highest BCUT2D eigenvalue weighted by Crippen LogP contribution is 2.23. The van der Waals surface area contributed by atoms with E-state index in [-0.39, 0.29) is 0 Å². The van der Waals surface area contributed by atoms with Gasteiger partial charge in [0.1, 0.15) is 0 Å². The van der Waals surface area contributed by atoms with Crippen LogP contribution in [0.15, 0.2) is 78.9 Å². The van der Waals surface area contributed by atoms with Crippen LogP contribution in [0.2, 0.25) is 5.02 Å². The van der Waals surface area contributed by atoms with Crippen LogP contribution in [0.5, 0.6) is 0 Å². The number of hydrogen-bond acceptors (Lipinski definition) is 5. The largest absolute Gasteiger partial charge is 0.431 e. The van der Waals surface area contributed by atoms with Crippen molar-refractivity contribution >= 4 is 40.7 Å². The molecule has 1 fully saturated rings. The smallest absolute Gasteiger partial charge is 0.412 e. The van der Waals surface area contributed by atoms with Crippen molar-refractivity contribution < 1.29 is 14.3 Å². The maximum atomic E-state index is 13.1. The summed E-state index contributed by atoms with van der Waals surface area (Å²) < 4.78 is 5.51. The summed E-state index contributed by atoms with van der Waals surface area (Å²) in [5, 5.41) is 9.36. The molecule has 0 radical (unpaired) electrons. The van der Waals surface area contributed by atoms with Crippen LogP contribution in [-0.4, -0.2) is 38.2 Å². The molecule has 0 spiro atoms. The zero-order chi connectivity index (χ0) is 23.0. The van der Waals surface area contributed by atoms with E-state index in [9.17, 15) is 9.59 Å². The minimum absolute atomic E-state index is 0.442. The van der Waals surface area contributed by atoms with Gasteiger partial charge in [-0.3, -0.25) is 10.1 Å². The Kier molecular flexibility index (Phi) is 7.44. The molecule has 33 heavy (non-hydrogen) atoms. The average Bonchev–Trinajstić information content (AvgIpc) is 2.85. The van der Waals surface area contributed by atoms with E-state index in [0.29, 0.717) is 22.0 Å². The zero-order valence-corrected chi connectivity index (χ0v) is 18.7. The van der Waals surface area contributed by atoms with Crippen LogP contribution in [0.4, 0.5) is 21.9 Å². The molecule has 4 rings (SSSR count). The molecule has 3 aromatic carbocycles. The predicted octanol–water partition coefficient (Wildman–Crippen LogP) is 4.68. The maximum absolute atomic E-state index is 13.1. The molecule has 1 aliphatic heterocycles. The summed E-state index contributed by atoms with van der Waals surface area (Å²) in [6.45, 7) is 3.79. The van der Waals surface area contributed by atoms with Crippen molar-refractivity contribution in [1.29, 1.82) is 0 Å². The number of ether oxygens (including phenoxy) is 1. The number of anilines is 3. The molecule has 0 bridgehead atoms. The number of rotatable bonds is 6. The molecule has 2 amide bonds. The number of nitrogens with zero attached hydrogens (tertiary/aromatic N) is 1. The Hall–Kier alpha value is -3.55. The number of piperazine rings is 1. The number of nitrogens with one attached hydrogen (secondary N) is 3. The zero-order valence-electron chi connectivity index (χ0n) is 18.0. The van der Waals surface area contributed by atoms with E-state index >= 15 is 0 Å². The van der Waals surface area contributed by atoms with Gasteiger partial charge in [-0.05, 0) is 48.5 Å². The maximum Gasteiger partial charge on any atom is 0.412 e. The highest BCUT2D eigenvalue weighted by atomic mass is 35.5. The molecule has 170 valence electrons. The van der Waals surface area contributed by atoms with E-state index in [4.69, 9.17) is 16.3 Å². The molecular formula is C25H25ClN4O3. The van der Waals surface area contributed by atoms with Gasteiger partial charge in [0.15, 0.2) is 0 Å². The third-order valence-corrected chi connectivity index (χ3v) is 5.52.